The first-order valence-electron chi connectivity index (χ1n) is 7.89. The number of pyridine rings is 1. The third-order valence-electron chi connectivity index (χ3n) is 4.83. The van der Waals surface area contributed by atoms with E-state index in [0.29, 0.717) is 6.04 Å². The molecule has 1 aliphatic rings. The quantitative estimate of drug-likeness (QED) is 0.658. The minimum absolute atomic E-state index is 0. The van der Waals surface area contributed by atoms with E-state index in [1.54, 1.807) is 0 Å². The van der Waals surface area contributed by atoms with E-state index in [4.69, 9.17) is 4.98 Å². The second kappa shape index (κ2) is 5.57. The van der Waals surface area contributed by atoms with Crippen molar-refractivity contribution in [3.05, 3.63) is 66.0 Å². The summed E-state index contributed by atoms with van der Waals surface area (Å²) in [6.45, 7) is 6.89. The van der Waals surface area contributed by atoms with Crippen LogP contribution in [-0.2, 0) is 12.0 Å². The first-order valence-corrected chi connectivity index (χ1v) is 7.89. The average Bonchev–Trinajstić information content (AvgIpc) is 2.89. The van der Waals surface area contributed by atoms with E-state index in [1.807, 2.05) is 12.1 Å². The summed E-state index contributed by atoms with van der Waals surface area (Å²) in [5, 5.41) is 0. The lowest BCUT2D eigenvalue weighted by atomic mass is 9.80. The Labute approximate surface area is 143 Å². The van der Waals surface area contributed by atoms with Gasteiger partial charge in [0.15, 0.2) is 0 Å². The highest BCUT2D eigenvalue weighted by molar-refractivity contribution is 5.85. The van der Waals surface area contributed by atoms with Crippen LogP contribution in [0.2, 0.25) is 0 Å². The first kappa shape index (κ1) is 15.9. The van der Waals surface area contributed by atoms with Crippen molar-refractivity contribution in [2.24, 2.45) is 0 Å². The smallest absolute Gasteiger partial charge is 0.148 e. The Bertz CT molecular complexity index is 804. The number of hydrogen-bond acceptors (Lipinski definition) is 2. The molecule has 0 bridgehead atoms. The molecular formula is C19H22ClN3. The second-order valence-electron chi connectivity index (χ2n) is 6.70. The van der Waals surface area contributed by atoms with Gasteiger partial charge in [0.25, 0.3) is 0 Å². The van der Waals surface area contributed by atoms with Crippen LogP contribution < -0.4 is 4.90 Å². The number of aromatic nitrogens is 2. The summed E-state index contributed by atoms with van der Waals surface area (Å²) in [4.78, 5) is 7.30. The van der Waals surface area contributed by atoms with Crippen LogP contribution in [0.1, 0.15) is 31.9 Å². The van der Waals surface area contributed by atoms with Crippen LogP contribution >= 0.6 is 12.4 Å². The number of hydrogen-bond donors (Lipinski definition) is 0. The van der Waals surface area contributed by atoms with E-state index in [0.717, 1.165) is 17.9 Å². The zero-order valence-electron chi connectivity index (χ0n) is 13.7. The van der Waals surface area contributed by atoms with Crippen LogP contribution in [0.3, 0.4) is 0 Å². The Morgan fingerprint density at radius 2 is 1.83 bits per heavy atom. The SMILES string of the molecule is CC1Cc2ccccc2C(C)(C)N1c1cn2ccccc2n1.Cl. The largest absolute Gasteiger partial charge is 0.343 e. The summed E-state index contributed by atoms with van der Waals surface area (Å²) in [5.74, 6) is 1.05. The van der Waals surface area contributed by atoms with Gasteiger partial charge < -0.3 is 9.30 Å². The van der Waals surface area contributed by atoms with Gasteiger partial charge in [0, 0.05) is 12.2 Å². The number of benzene rings is 1. The first-order chi connectivity index (χ1) is 10.6. The molecule has 1 aliphatic heterocycles. The number of nitrogens with zero attached hydrogens (tertiary/aromatic N) is 3. The van der Waals surface area contributed by atoms with Crippen molar-refractivity contribution in [2.75, 3.05) is 4.90 Å². The van der Waals surface area contributed by atoms with E-state index < -0.39 is 0 Å². The Balaban J connectivity index is 0.00000156. The lowest BCUT2D eigenvalue weighted by Crippen LogP contribution is -2.52. The second-order valence-corrected chi connectivity index (χ2v) is 6.70. The number of rotatable bonds is 1. The van der Waals surface area contributed by atoms with Gasteiger partial charge in [-0.2, -0.15) is 0 Å². The van der Waals surface area contributed by atoms with Crippen LogP contribution in [0.4, 0.5) is 5.82 Å². The molecule has 0 saturated carbocycles. The van der Waals surface area contributed by atoms with Crippen molar-refractivity contribution in [3.8, 4) is 0 Å². The Morgan fingerprint density at radius 1 is 1.09 bits per heavy atom. The summed E-state index contributed by atoms with van der Waals surface area (Å²) in [7, 11) is 0. The van der Waals surface area contributed by atoms with Crippen LogP contribution in [0, 0.1) is 0 Å². The molecular weight excluding hydrogens is 306 g/mol. The molecule has 0 aliphatic carbocycles. The third-order valence-corrected chi connectivity index (χ3v) is 4.83. The van der Waals surface area contributed by atoms with Crippen molar-refractivity contribution in [1.82, 2.24) is 9.38 Å². The molecule has 0 fully saturated rings. The van der Waals surface area contributed by atoms with Gasteiger partial charge in [-0.3, -0.25) is 0 Å². The van der Waals surface area contributed by atoms with Gasteiger partial charge in [0.05, 0.1) is 11.7 Å². The van der Waals surface area contributed by atoms with Crippen LogP contribution in [-0.4, -0.2) is 15.4 Å². The van der Waals surface area contributed by atoms with Gasteiger partial charge >= 0.3 is 0 Å². The zero-order chi connectivity index (χ0) is 15.3. The molecule has 4 rings (SSSR count). The molecule has 0 spiro atoms. The molecule has 3 aromatic rings. The summed E-state index contributed by atoms with van der Waals surface area (Å²) >= 11 is 0. The zero-order valence-corrected chi connectivity index (χ0v) is 14.5. The summed E-state index contributed by atoms with van der Waals surface area (Å²) in [6.07, 6.45) is 5.26. The fourth-order valence-electron chi connectivity index (χ4n) is 3.93. The fourth-order valence-corrected chi connectivity index (χ4v) is 3.93. The number of imidazole rings is 1. The van der Waals surface area contributed by atoms with Gasteiger partial charge in [-0.25, -0.2) is 4.98 Å². The van der Waals surface area contributed by atoms with Gasteiger partial charge in [-0.1, -0.05) is 30.3 Å². The molecule has 0 saturated heterocycles. The van der Waals surface area contributed by atoms with Crippen molar-refractivity contribution >= 4 is 23.9 Å². The third kappa shape index (κ3) is 2.40. The van der Waals surface area contributed by atoms with E-state index in [2.05, 4.69) is 72.8 Å². The van der Waals surface area contributed by atoms with Crippen molar-refractivity contribution in [1.29, 1.82) is 0 Å². The lowest BCUT2D eigenvalue weighted by Gasteiger charge is -2.48. The number of anilines is 1. The number of fused-ring (bicyclic) bond motifs is 2. The normalized spacial score (nSPS) is 19.3. The molecule has 1 unspecified atom stereocenters. The highest BCUT2D eigenvalue weighted by Crippen LogP contribution is 2.40. The van der Waals surface area contributed by atoms with Crippen LogP contribution in [0.15, 0.2) is 54.9 Å². The van der Waals surface area contributed by atoms with Crippen molar-refractivity contribution in [2.45, 2.75) is 38.8 Å². The minimum atomic E-state index is -0.0633. The van der Waals surface area contributed by atoms with Crippen LogP contribution in [0.5, 0.6) is 0 Å². The van der Waals surface area contributed by atoms with E-state index in [-0.39, 0.29) is 17.9 Å². The van der Waals surface area contributed by atoms with Gasteiger partial charge in [-0.15, -0.1) is 12.4 Å². The topological polar surface area (TPSA) is 20.5 Å². The highest BCUT2D eigenvalue weighted by atomic mass is 35.5. The number of halogens is 1. The molecule has 2 aromatic heterocycles. The molecule has 0 N–H and O–H groups in total. The van der Waals surface area contributed by atoms with Crippen molar-refractivity contribution in [3.63, 3.8) is 0 Å². The van der Waals surface area contributed by atoms with E-state index in [1.165, 1.54) is 11.1 Å². The average molecular weight is 328 g/mol. The highest BCUT2D eigenvalue weighted by Gasteiger charge is 2.39. The van der Waals surface area contributed by atoms with Crippen molar-refractivity contribution < 1.29 is 0 Å². The maximum atomic E-state index is 4.84. The predicted molar refractivity (Wildman–Crippen MR) is 97.6 cm³/mol. The molecule has 1 atom stereocenters. The Hall–Kier alpha value is -2.00. The lowest BCUT2D eigenvalue weighted by molar-refractivity contribution is 0.397. The van der Waals surface area contributed by atoms with E-state index in [9.17, 15) is 0 Å². The summed E-state index contributed by atoms with van der Waals surface area (Å²) in [5.41, 5.74) is 3.80. The predicted octanol–water partition coefficient (Wildman–Crippen LogP) is 4.44. The monoisotopic (exact) mass is 327 g/mol. The maximum Gasteiger partial charge on any atom is 0.148 e. The molecule has 0 radical (unpaired) electrons. The Kier molecular flexibility index (Phi) is 3.85. The molecule has 0 amide bonds. The molecule has 23 heavy (non-hydrogen) atoms. The minimum Gasteiger partial charge on any atom is -0.343 e. The molecule has 120 valence electrons. The van der Waals surface area contributed by atoms with Crippen LogP contribution in [0.25, 0.3) is 5.65 Å². The summed E-state index contributed by atoms with van der Waals surface area (Å²) < 4.78 is 2.10. The molecule has 3 heterocycles. The van der Waals surface area contributed by atoms with Gasteiger partial charge in [-0.05, 0) is 50.5 Å². The van der Waals surface area contributed by atoms with E-state index >= 15 is 0 Å². The fraction of sp³-hybridized carbons (Fsp3) is 0.316. The van der Waals surface area contributed by atoms with Gasteiger partial charge in [0.1, 0.15) is 11.5 Å². The Morgan fingerprint density at radius 3 is 2.61 bits per heavy atom. The van der Waals surface area contributed by atoms with Gasteiger partial charge in [0.2, 0.25) is 0 Å². The molecule has 3 nitrogen and oxygen atoms in total. The standard InChI is InChI=1S/C19H21N3.ClH/c1-14-12-15-8-4-5-9-16(15)19(2,3)22(14)18-13-21-11-7-6-10-17(21)20-18;/h4-11,13-14H,12H2,1-3H3;1H. The summed E-state index contributed by atoms with van der Waals surface area (Å²) in [6, 6.07) is 15.3. The molecule has 1 aromatic carbocycles. The molecule has 4 heteroatoms. The maximum absolute atomic E-state index is 4.84.